The van der Waals surface area contributed by atoms with E-state index in [4.69, 9.17) is 4.74 Å². The van der Waals surface area contributed by atoms with E-state index >= 15 is 0 Å². The van der Waals surface area contributed by atoms with Crippen LogP contribution in [0.5, 0.6) is 0 Å². The van der Waals surface area contributed by atoms with E-state index in [-0.39, 0.29) is 17.3 Å². The Balaban J connectivity index is 2.99. The number of hydrogen-bond acceptors (Lipinski definition) is 3. The predicted molar refractivity (Wildman–Crippen MR) is 74.4 cm³/mol. The van der Waals surface area contributed by atoms with Crippen molar-refractivity contribution in [2.75, 3.05) is 26.1 Å². The maximum absolute atomic E-state index is 12.9. The van der Waals surface area contributed by atoms with Crippen molar-refractivity contribution in [3.63, 3.8) is 0 Å². The van der Waals surface area contributed by atoms with Crippen LogP contribution in [0.25, 0.3) is 0 Å². The first-order valence-corrected chi connectivity index (χ1v) is 6.49. The molecule has 1 aromatic carbocycles. The zero-order chi connectivity index (χ0) is 16.0. The van der Waals surface area contributed by atoms with Gasteiger partial charge in [0.05, 0.1) is 16.8 Å². The monoisotopic (exact) mass is 304 g/mol. The Morgan fingerprint density at radius 1 is 1.38 bits per heavy atom. The normalized spacial score (nSPS) is 12.9. The molecule has 0 spiro atoms. The number of methoxy groups -OCH3 is 1. The van der Waals surface area contributed by atoms with Crippen LogP contribution in [0.4, 0.5) is 18.9 Å². The molecule has 0 aliphatic carbocycles. The van der Waals surface area contributed by atoms with Crippen LogP contribution < -0.4 is 10.6 Å². The van der Waals surface area contributed by atoms with Gasteiger partial charge in [0.15, 0.2) is 0 Å². The summed E-state index contributed by atoms with van der Waals surface area (Å²) in [6.45, 7) is 2.23. The van der Waals surface area contributed by atoms with E-state index in [1.807, 2.05) is 0 Å². The van der Waals surface area contributed by atoms with Crippen LogP contribution in [-0.4, -0.2) is 32.7 Å². The molecule has 118 valence electrons. The molecule has 1 aromatic rings. The molecule has 4 nitrogen and oxygen atoms in total. The van der Waals surface area contributed by atoms with Crippen molar-refractivity contribution in [1.29, 1.82) is 0 Å². The Morgan fingerprint density at radius 2 is 2.05 bits per heavy atom. The van der Waals surface area contributed by atoms with Gasteiger partial charge in [-0.05, 0) is 25.5 Å². The molecule has 0 aromatic heterocycles. The number of hydrogen-bond donors (Lipinski definition) is 2. The van der Waals surface area contributed by atoms with Crippen molar-refractivity contribution < 1.29 is 22.7 Å². The lowest BCUT2D eigenvalue weighted by Gasteiger charge is -2.18. The van der Waals surface area contributed by atoms with Crippen molar-refractivity contribution in [2.45, 2.75) is 25.6 Å². The second-order valence-corrected chi connectivity index (χ2v) is 4.63. The molecule has 0 fully saturated rings. The molecule has 2 N–H and O–H groups in total. The molecule has 0 bridgehead atoms. The van der Waals surface area contributed by atoms with Crippen LogP contribution in [-0.2, 0) is 10.9 Å². The van der Waals surface area contributed by atoms with Gasteiger partial charge in [0.25, 0.3) is 5.91 Å². The van der Waals surface area contributed by atoms with Gasteiger partial charge in [-0.1, -0.05) is 6.07 Å². The van der Waals surface area contributed by atoms with Gasteiger partial charge in [0, 0.05) is 26.8 Å². The number of rotatable bonds is 6. The number of para-hydroxylation sites is 1. The Morgan fingerprint density at radius 3 is 2.57 bits per heavy atom. The van der Waals surface area contributed by atoms with E-state index in [2.05, 4.69) is 10.6 Å². The van der Waals surface area contributed by atoms with Crippen LogP contribution in [0.2, 0.25) is 0 Å². The quantitative estimate of drug-likeness (QED) is 0.849. The molecular weight excluding hydrogens is 285 g/mol. The number of nitrogens with one attached hydrogen (secondary N) is 2. The average Bonchev–Trinajstić information content (AvgIpc) is 2.43. The van der Waals surface area contributed by atoms with Gasteiger partial charge in [-0.2, -0.15) is 13.2 Å². The van der Waals surface area contributed by atoms with Crippen molar-refractivity contribution in [3.8, 4) is 0 Å². The van der Waals surface area contributed by atoms with Crippen molar-refractivity contribution >= 4 is 11.6 Å². The molecular formula is C14H19F3N2O2. The number of anilines is 1. The van der Waals surface area contributed by atoms with Crippen molar-refractivity contribution in [3.05, 3.63) is 29.3 Å². The molecule has 0 aliphatic rings. The van der Waals surface area contributed by atoms with E-state index in [9.17, 15) is 18.0 Å². The molecule has 1 rings (SSSR count). The van der Waals surface area contributed by atoms with Crippen molar-refractivity contribution in [2.24, 2.45) is 0 Å². The molecule has 1 atom stereocenters. The number of carbonyl (C=O) groups excluding carboxylic acids is 1. The summed E-state index contributed by atoms with van der Waals surface area (Å²) in [5.74, 6) is -0.547. The molecule has 0 saturated carbocycles. The van der Waals surface area contributed by atoms with Crippen LogP contribution in [0.1, 0.15) is 29.3 Å². The fourth-order valence-electron chi connectivity index (χ4n) is 1.92. The number of ether oxygens (including phenoxy) is 1. The number of alkyl halides is 3. The number of halogens is 3. The highest BCUT2D eigenvalue weighted by Crippen LogP contribution is 2.36. The van der Waals surface area contributed by atoms with Gasteiger partial charge in [-0.15, -0.1) is 0 Å². The third-order valence-corrected chi connectivity index (χ3v) is 3.00. The van der Waals surface area contributed by atoms with Crippen LogP contribution in [0, 0.1) is 0 Å². The zero-order valence-corrected chi connectivity index (χ0v) is 12.2. The summed E-state index contributed by atoms with van der Waals surface area (Å²) < 4.78 is 43.7. The highest BCUT2D eigenvalue weighted by Gasteiger charge is 2.35. The summed E-state index contributed by atoms with van der Waals surface area (Å²) in [5.41, 5.74) is -1.11. The van der Waals surface area contributed by atoms with Crippen LogP contribution in [0.15, 0.2) is 18.2 Å². The second-order valence-electron chi connectivity index (χ2n) is 4.63. The van der Waals surface area contributed by atoms with Crippen LogP contribution >= 0.6 is 0 Å². The fraction of sp³-hybridized carbons (Fsp3) is 0.500. The third kappa shape index (κ3) is 4.63. The first-order chi connectivity index (χ1) is 9.81. The standard InChI is InChI=1S/C14H19F3N2O2/c1-9(7-8-21-3)19-13(20)10-5-4-6-11(12(10)18-2)14(15,16)17/h4-6,9,18H,7-8H2,1-3H3,(H,19,20). The van der Waals surface area contributed by atoms with Crippen LogP contribution in [0.3, 0.4) is 0 Å². The minimum atomic E-state index is -4.52. The average molecular weight is 304 g/mol. The summed E-state index contributed by atoms with van der Waals surface area (Å²) in [5, 5.41) is 5.12. The first-order valence-electron chi connectivity index (χ1n) is 6.49. The number of carbonyl (C=O) groups is 1. The Hall–Kier alpha value is -1.76. The topological polar surface area (TPSA) is 50.4 Å². The molecule has 1 unspecified atom stereocenters. The van der Waals surface area contributed by atoms with E-state index < -0.39 is 17.6 Å². The van der Waals surface area contributed by atoms with E-state index in [1.54, 1.807) is 14.0 Å². The Kier molecular flexibility index (Phi) is 6.02. The lowest BCUT2D eigenvalue weighted by atomic mass is 10.1. The number of benzene rings is 1. The number of amides is 1. The minimum Gasteiger partial charge on any atom is -0.387 e. The summed E-state index contributed by atoms with van der Waals surface area (Å²) >= 11 is 0. The Labute approximate surface area is 121 Å². The molecule has 7 heteroatoms. The zero-order valence-electron chi connectivity index (χ0n) is 12.2. The van der Waals surface area contributed by atoms with E-state index in [0.717, 1.165) is 6.07 Å². The smallest absolute Gasteiger partial charge is 0.387 e. The molecule has 0 heterocycles. The molecule has 0 radical (unpaired) electrons. The largest absolute Gasteiger partial charge is 0.418 e. The van der Waals surface area contributed by atoms with Gasteiger partial charge in [-0.25, -0.2) is 0 Å². The SMILES string of the molecule is CNc1c(C(=O)NC(C)CCOC)cccc1C(F)(F)F. The van der Waals surface area contributed by atoms with E-state index in [1.165, 1.54) is 19.2 Å². The minimum absolute atomic E-state index is 0.0309. The summed E-state index contributed by atoms with van der Waals surface area (Å²) in [6.07, 6.45) is -3.94. The lowest BCUT2D eigenvalue weighted by Crippen LogP contribution is -2.34. The fourth-order valence-corrected chi connectivity index (χ4v) is 1.92. The van der Waals surface area contributed by atoms with Gasteiger partial charge in [0.2, 0.25) is 0 Å². The van der Waals surface area contributed by atoms with Gasteiger partial charge in [0.1, 0.15) is 0 Å². The molecule has 0 saturated heterocycles. The maximum Gasteiger partial charge on any atom is 0.418 e. The Bertz CT molecular complexity index is 490. The van der Waals surface area contributed by atoms with Gasteiger partial charge >= 0.3 is 6.18 Å². The predicted octanol–water partition coefficient (Wildman–Crippen LogP) is 2.90. The summed E-state index contributed by atoms with van der Waals surface area (Å²) in [6, 6.07) is 3.33. The highest BCUT2D eigenvalue weighted by molar-refractivity contribution is 6.00. The van der Waals surface area contributed by atoms with E-state index in [0.29, 0.717) is 13.0 Å². The lowest BCUT2D eigenvalue weighted by molar-refractivity contribution is -0.136. The summed E-state index contributed by atoms with van der Waals surface area (Å²) in [4.78, 5) is 12.1. The molecule has 0 aliphatic heterocycles. The molecule has 1 amide bonds. The van der Waals surface area contributed by atoms with Gasteiger partial charge < -0.3 is 15.4 Å². The third-order valence-electron chi connectivity index (χ3n) is 3.00. The second kappa shape index (κ2) is 7.31. The highest BCUT2D eigenvalue weighted by atomic mass is 19.4. The van der Waals surface area contributed by atoms with Gasteiger partial charge in [-0.3, -0.25) is 4.79 Å². The first kappa shape index (κ1) is 17.3. The summed E-state index contributed by atoms with van der Waals surface area (Å²) in [7, 11) is 2.90. The molecule has 21 heavy (non-hydrogen) atoms. The maximum atomic E-state index is 12.9. The van der Waals surface area contributed by atoms with Crippen molar-refractivity contribution in [1.82, 2.24) is 5.32 Å².